The van der Waals surface area contributed by atoms with Crippen molar-refractivity contribution < 1.29 is 9.50 Å². The second-order valence-corrected chi connectivity index (χ2v) is 5.92. The van der Waals surface area contributed by atoms with Crippen molar-refractivity contribution in [3.8, 4) is 0 Å². The van der Waals surface area contributed by atoms with Gasteiger partial charge in [0.2, 0.25) is 0 Å². The van der Waals surface area contributed by atoms with E-state index < -0.39 is 11.6 Å². The van der Waals surface area contributed by atoms with E-state index in [-0.39, 0.29) is 5.82 Å². The molecular formula is C13H19BrFNO. The van der Waals surface area contributed by atoms with Gasteiger partial charge in [0.05, 0.1) is 6.10 Å². The van der Waals surface area contributed by atoms with Crippen LogP contribution >= 0.6 is 15.9 Å². The zero-order valence-corrected chi connectivity index (χ0v) is 12.3. The third kappa shape index (κ3) is 3.50. The smallest absolute Gasteiger partial charge is 0.126 e. The molecule has 96 valence electrons. The Morgan fingerprint density at radius 2 is 2.00 bits per heavy atom. The lowest BCUT2D eigenvalue weighted by Crippen LogP contribution is -2.49. The summed E-state index contributed by atoms with van der Waals surface area (Å²) in [5, 5.41) is 10.2. The fraction of sp³-hybridized carbons (Fsp3) is 0.538. The lowest BCUT2D eigenvalue weighted by molar-refractivity contribution is 0.0178. The summed E-state index contributed by atoms with van der Waals surface area (Å²) in [6.45, 7) is 3.88. The normalized spacial score (nSPS) is 14.1. The summed E-state index contributed by atoms with van der Waals surface area (Å²) >= 11 is 3.31. The van der Waals surface area contributed by atoms with Crippen LogP contribution in [0.2, 0.25) is 0 Å². The summed E-state index contributed by atoms with van der Waals surface area (Å²) in [5.74, 6) is -0.276. The van der Waals surface area contributed by atoms with Gasteiger partial charge in [0.25, 0.3) is 0 Å². The Bertz CT molecular complexity index is 393. The van der Waals surface area contributed by atoms with Crippen LogP contribution in [0.3, 0.4) is 0 Å². The van der Waals surface area contributed by atoms with Crippen LogP contribution in [-0.2, 0) is 6.42 Å². The highest BCUT2D eigenvalue weighted by Gasteiger charge is 2.30. The minimum atomic E-state index is -0.624. The van der Waals surface area contributed by atoms with Gasteiger partial charge in [-0.05, 0) is 51.7 Å². The molecule has 0 saturated carbocycles. The monoisotopic (exact) mass is 303 g/mol. The lowest BCUT2D eigenvalue weighted by atomic mass is 9.90. The van der Waals surface area contributed by atoms with Crippen molar-refractivity contribution in [2.75, 3.05) is 14.1 Å². The summed E-state index contributed by atoms with van der Waals surface area (Å²) in [5.41, 5.74) is 0.135. The maximum Gasteiger partial charge on any atom is 0.126 e. The molecule has 0 aliphatic heterocycles. The molecule has 0 amide bonds. The maximum absolute atomic E-state index is 13.6. The van der Waals surface area contributed by atoms with Gasteiger partial charge in [-0.1, -0.05) is 15.9 Å². The summed E-state index contributed by atoms with van der Waals surface area (Å²) in [6.07, 6.45) is -0.322. The molecule has 0 saturated heterocycles. The van der Waals surface area contributed by atoms with E-state index in [2.05, 4.69) is 15.9 Å². The molecule has 1 aromatic rings. The largest absolute Gasteiger partial charge is 0.391 e. The molecule has 0 spiro atoms. The average molecular weight is 304 g/mol. The van der Waals surface area contributed by atoms with Crippen molar-refractivity contribution in [1.29, 1.82) is 0 Å². The number of rotatable bonds is 4. The first-order valence-electron chi connectivity index (χ1n) is 5.54. The van der Waals surface area contributed by atoms with Crippen molar-refractivity contribution in [1.82, 2.24) is 4.90 Å². The third-order valence-corrected chi connectivity index (χ3v) is 3.88. The first-order chi connectivity index (χ1) is 7.75. The Morgan fingerprint density at radius 1 is 1.41 bits per heavy atom. The topological polar surface area (TPSA) is 23.5 Å². The number of hydrogen-bond donors (Lipinski definition) is 1. The molecule has 1 aromatic carbocycles. The van der Waals surface area contributed by atoms with Gasteiger partial charge in [-0.3, -0.25) is 0 Å². The van der Waals surface area contributed by atoms with Crippen molar-refractivity contribution in [3.05, 3.63) is 34.1 Å². The minimum Gasteiger partial charge on any atom is -0.391 e. The maximum atomic E-state index is 13.6. The molecule has 0 fully saturated rings. The molecule has 0 heterocycles. The standard InChI is InChI=1S/C13H19BrFNO/c1-13(2,16(3)4)12(17)8-9-7-10(14)5-6-11(9)15/h5-7,12,17H,8H2,1-4H3. The molecule has 0 radical (unpaired) electrons. The second-order valence-electron chi connectivity index (χ2n) is 5.00. The summed E-state index contributed by atoms with van der Waals surface area (Å²) in [4.78, 5) is 1.94. The van der Waals surface area contributed by atoms with E-state index in [1.54, 1.807) is 12.1 Å². The fourth-order valence-electron chi connectivity index (χ4n) is 1.46. The third-order valence-electron chi connectivity index (χ3n) is 3.39. The molecular weight excluding hydrogens is 285 g/mol. The first-order valence-corrected chi connectivity index (χ1v) is 6.34. The quantitative estimate of drug-likeness (QED) is 0.924. The van der Waals surface area contributed by atoms with Crippen LogP contribution in [0.25, 0.3) is 0 Å². The molecule has 0 aliphatic carbocycles. The average Bonchev–Trinajstić information content (AvgIpc) is 2.23. The van der Waals surface area contributed by atoms with Crippen molar-refractivity contribution in [2.45, 2.75) is 31.9 Å². The van der Waals surface area contributed by atoms with Gasteiger partial charge >= 0.3 is 0 Å². The highest BCUT2D eigenvalue weighted by molar-refractivity contribution is 9.10. The molecule has 1 unspecified atom stereocenters. The van der Waals surface area contributed by atoms with Gasteiger partial charge in [0.1, 0.15) is 5.82 Å². The van der Waals surface area contributed by atoms with E-state index in [4.69, 9.17) is 0 Å². The Balaban J connectivity index is 2.88. The van der Waals surface area contributed by atoms with Gasteiger partial charge < -0.3 is 10.0 Å². The zero-order valence-electron chi connectivity index (χ0n) is 10.7. The van der Waals surface area contributed by atoms with Crippen LogP contribution in [0, 0.1) is 5.82 Å². The second kappa shape index (κ2) is 5.46. The number of likely N-dealkylation sites (N-methyl/N-ethyl adjacent to an activating group) is 1. The van der Waals surface area contributed by atoms with Gasteiger partial charge in [-0.25, -0.2) is 4.39 Å². The number of hydrogen-bond acceptors (Lipinski definition) is 2. The fourth-order valence-corrected chi connectivity index (χ4v) is 1.86. The Hall–Kier alpha value is -0.450. The number of benzene rings is 1. The molecule has 1 rings (SSSR count). The van der Waals surface area contributed by atoms with E-state index >= 15 is 0 Å². The van der Waals surface area contributed by atoms with E-state index in [0.717, 1.165) is 4.47 Å². The molecule has 1 N–H and O–H groups in total. The minimum absolute atomic E-state index is 0.276. The number of halogens is 2. The van der Waals surface area contributed by atoms with E-state index in [9.17, 15) is 9.50 Å². The summed E-state index contributed by atoms with van der Waals surface area (Å²) in [7, 11) is 3.81. The highest BCUT2D eigenvalue weighted by Crippen LogP contribution is 2.22. The van der Waals surface area contributed by atoms with Gasteiger partial charge in [-0.15, -0.1) is 0 Å². The van der Waals surface area contributed by atoms with Crippen molar-refractivity contribution in [3.63, 3.8) is 0 Å². The van der Waals surface area contributed by atoms with Crippen LogP contribution in [0.5, 0.6) is 0 Å². The molecule has 17 heavy (non-hydrogen) atoms. The van der Waals surface area contributed by atoms with E-state index in [1.807, 2.05) is 32.8 Å². The highest BCUT2D eigenvalue weighted by atomic mass is 79.9. The number of aliphatic hydroxyl groups excluding tert-OH is 1. The molecule has 0 aliphatic rings. The number of aliphatic hydroxyl groups is 1. The molecule has 0 bridgehead atoms. The Labute approximate surface area is 111 Å². The van der Waals surface area contributed by atoms with Gasteiger partial charge in [-0.2, -0.15) is 0 Å². The van der Waals surface area contributed by atoms with Crippen LogP contribution in [0.4, 0.5) is 4.39 Å². The first kappa shape index (κ1) is 14.6. The molecule has 4 heteroatoms. The van der Waals surface area contributed by atoms with Crippen molar-refractivity contribution >= 4 is 15.9 Å². The van der Waals surface area contributed by atoms with Gasteiger partial charge in [0, 0.05) is 16.4 Å². The predicted octanol–water partition coefficient (Wildman–Crippen LogP) is 2.83. The lowest BCUT2D eigenvalue weighted by Gasteiger charge is -2.37. The molecule has 2 nitrogen and oxygen atoms in total. The number of nitrogens with zero attached hydrogens (tertiary/aromatic N) is 1. The zero-order chi connectivity index (χ0) is 13.2. The van der Waals surface area contributed by atoms with Crippen LogP contribution in [0.15, 0.2) is 22.7 Å². The SMILES string of the molecule is CN(C)C(C)(C)C(O)Cc1cc(Br)ccc1F. The van der Waals surface area contributed by atoms with E-state index in [0.29, 0.717) is 12.0 Å². The Morgan fingerprint density at radius 3 is 2.53 bits per heavy atom. The Kier molecular flexibility index (Phi) is 4.69. The van der Waals surface area contributed by atoms with E-state index in [1.165, 1.54) is 6.07 Å². The summed E-state index contributed by atoms with van der Waals surface area (Å²) in [6, 6.07) is 4.78. The predicted molar refractivity (Wildman–Crippen MR) is 71.6 cm³/mol. The molecule has 1 atom stereocenters. The van der Waals surface area contributed by atoms with Crippen molar-refractivity contribution in [2.24, 2.45) is 0 Å². The van der Waals surface area contributed by atoms with Crippen LogP contribution < -0.4 is 0 Å². The van der Waals surface area contributed by atoms with Gasteiger partial charge in [0.15, 0.2) is 0 Å². The van der Waals surface area contributed by atoms with Crippen LogP contribution in [-0.4, -0.2) is 35.7 Å². The van der Waals surface area contributed by atoms with Crippen LogP contribution in [0.1, 0.15) is 19.4 Å². The summed E-state index contributed by atoms with van der Waals surface area (Å²) < 4.78 is 14.4. The molecule has 0 aromatic heterocycles.